The third-order valence-corrected chi connectivity index (χ3v) is 3.94. The van der Waals surface area contributed by atoms with E-state index in [-0.39, 0.29) is 4.90 Å². The molecule has 2 rings (SSSR count). The standard InChI is InChI=1S/C13H11BClNO2S/c14-11-4-1-3-10(7-11)9-16-19(17,18)13-6-2-5-12(15)8-13/h1-9H,14H2/b16-9+. The topological polar surface area (TPSA) is 46.5 Å². The summed E-state index contributed by atoms with van der Waals surface area (Å²) in [5.74, 6) is 0. The van der Waals surface area contributed by atoms with Crippen molar-refractivity contribution in [2.75, 3.05) is 0 Å². The molecule has 0 fully saturated rings. The second-order valence-corrected chi connectivity index (χ2v) is 6.15. The maximum atomic E-state index is 12.0. The second kappa shape index (κ2) is 5.59. The fourth-order valence-electron chi connectivity index (χ4n) is 1.57. The van der Waals surface area contributed by atoms with Gasteiger partial charge in [0.25, 0.3) is 10.0 Å². The summed E-state index contributed by atoms with van der Waals surface area (Å²) < 4.78 is 27.6. The van der Waals surface area contributed by atoms with Crippen LogP contribution >= 0.6 is 11.6 Å². The molecular weight excluding hydrogens is 280 g/mol. The Labute approximate surface area is 118 Å². The molecule has 0 N–H and O–H groups in total. The number of hydrogen-bond donors (Lipinski definition) is 0. The molecule has 0 spiro atoms. The number of halogens is 1. The molecule has 3 nitrogen and oxygen atoms in total. The third kappa shape index (κ3) is 3.69. The van der Waals surface area contributed by atoms with E-state index in [4.69, 9.17) is 11.6 Å². The van der Waals surface area contributed by atoms with Crippen LogP contribution in [-0.2, 0) is 10.0 Å². The number of sulfonamides is 1. The molecule has 2 aromatic rings. The Morgan fingerprint density at radius 1 is 1.11 bits per heavy atom. The lowest BCUT2D eigenvalue weighted by Crippen LogP contribution is -2.03. The minimum absolute atomic E-state index is 0.0869. The Morgan fingerprint density at radius 2 is 1.84 bits per heavy atom. The van der Waals surface area contributed by atoms with Gasteiger partial charge in [-0.05, 0) is 23.8 Å². The van der Waals surface area contributed by atoms with Crippen LogP contribution in [0.4, 0.5) is 0 Å². The van der Waals surface area contributed by atoms with Gasteiger partial charge in [0.2, 0.25) is 0 Å². The summed E-state index contributed by atoms with van der Waals surface area (Å²) in [6.45, 7) is 0. The van der Waals surface area contributed by atoms with E-state index in [0.29, 0.717) is 5.02 Å². The van der Waals surface area contributed by atoms with Gasteiger partial charge in [-0.1, -0.05) is 47.4 Å². The lowest BCUT2D eigenvalue weighted by Gasteiger charge is -1.99. The Morgan fingerprint density at radius 3 is 2.53 bits per heavy atom. The highest BCUT2D eigenvalue weighted by molar-refractivity contribution is 7.90. The predicted molar refractivity (Wildman–Crippen MR) is 80.9 cm³/mol. The Bertz CT molecular complexity index is 729. The Kier molecular flexibility index (Phi) is 4.07. The zero-order chi connectivity index (χ0) is 13.9. The molecule has 0 aliphatic carbocycles. The summed E-state index contributed by atoms with van der Waals surface area (Å²) in [6, 6.07) is 13.5. The van der Waals surface area contributed by atoms with Gasteiger partial charge < -0.3 is 0 Å². The van der Waals surface area contributed by atoms with Crippen LogP contribution in [0.3, 0.4) is 0 Å². The van der Waals surface area contributed by atoms with Gasteiger partial charge in [0, 0.05) is 11.2 Å². The van der Waals surface area contributed by atoms with Crippen LogP contribution in [0.2, 0.25) is 5.02 Å². The molecule has 19 heavy (non-hydrogen) atoms. The summed E-state index contributed by atoms with van der Waals surface area (Å²) in [4.78, 5) is 0.0869. The maximum absolute atomic E-state index is 12.0. The molecule has 0 bridgehead atoms. The van der Waals surface area contributed by atoms with Gasteiger partial charge in [-0.2, -0.15) is 12.8 Å². The molecule has 0 unspecified atom stereocenters. The molecule has 0 aromatic heterocycles. The fraction of sp³-hybridized carbons (Fsp3) is 0. The van der Waals surface area contributed by atoms with Gasteiger partial charge in [0.15, 0.2) is 0 Å². The largest absolute Gasteiger partial charge is 0.282 e. The number of nitrogens with zero attached hydrogens (tertiary/aromatic N) is 1. The lowest BCUT2D eigenvalue weighted by molar-refractivity contribution is 0.598. The molecule has 0 saturated heterocycles. The Balaban J connectivity index is 2.32. The van der Waals surface area contributed by atoms with Crippen molar-refractivity contribution in [2.24, 2.45) is 4.40 Å². The average molecular weight is 292 g/mol. The number of hydrogen-bond acceptors (Lipinski definition) is 2. The van der Waals surface area contributed by atoms with Crippen LogP contribution in [0.1, 0.15) is 5.56 Å². The average Bonchev–Trinajstić information content (AvgIpc) is 2.37. The summed E-state index contributed by atoms with van der Waals surface area (Å²) in [6.07, 6.45) is 1.34. The smallest absolute Gasteiger partial charge is 0.199 e. The lowest BCUT2D eigenvalue weighted by atomic mass is 9.95. The second-order valence-electron chi connectivity index (χ2n) is 4.08. The molecule has 6 heteroatoms. The van der Waals surface area contributed by atoms with E-state index in [1.807, 2.05) is 26.0 Å². The SMILES string of the molecule is Bc1cccc(/C=N/S(=O)(=O)c2cccc(Cl)c2)c1. The van der Waals surface area contributed by atoms with E-state index < -0.39 is 10.0 Å². The molecule has 0 radical (unpaired) electrons. The van der Waals surface area contributed by atoms with Crippen molar-refractivity contribution in [3.63, 3.8) is 0 Å². The zero-order valence-electron chi connectivity index (χ0n) is 10.2. The van der Waals surface area contributed by atoms with Gasteiger partial charge in [-0.3, -0.25) is 0 Å². The van der Waals surface area contributed by atoms with E-state index in [2.05, 4.69) is 4.40 Å². The molecular formula is C13H11BClNO2S. The van der Waals surface area contributed by atoms with E-state index in [1.54, 1.807) is 18.2 Å². The minimum atomic E-state index is -3.71. The van der Waals surface area contributed by atoms with E-state index >= 15 is 0 Å². The highest BCUT2D eigenvalue weighted by atomic mass is 35.5. The van der Waals surface area contributed by atoms with Gasteiger partial charge in [-0.15, -0.1) is 0 Å². The van der Waals surface area contributed by atoms with Crippen molar-refractivity contribution >= 4 is 41.1 Å². The van der Waals surface area contributed by atoms with Crippen LogP contribution in [0.5, 0.6) is 0 Å². The van der Waals surface area contributed by atoms with E-state index in [0.717, 1.165) is 11.0 Å². The van der Waals surface area contributed by atoms with Crippen molar-refractivity contribution in [2.45, 2.75) is 4.90 Å². The number of rotatable bonds is 3. The third-order valence-electron chi connectivity index (χ3n) is 2.48. The van der Waals surface area contributed by atoms with Crippen LogP contribution in [0.15, 0.2) is 57.8 Å². The molecule has 96 valence electrons. The maximum Gasteiger partial charge on any atom is 0.282 e. The molecule has 0 heterocycles. The highest BCUT2D eigenvalue weighted by Crippen LogP contribution is 2.17. The van der Waals surface area contributed by atoms with Crippen molar-refractivity contribution in [1.29, 1.82) is 0 Å². The minimum Gasteiger partial charge on any atom is -0.199 e. The first-order valence-electron chi connectivity index (χ1n) is 5.60. The molecule has 0 saturated carbocycles. The molecule has 0 aliphatic heterocycles. The summed E-state index contributed by atoms with van der Waals surface area (Å²) in [5.41, 5.74) is 1.79. The first-order chi connectivity index (χ1) is 8.97. The van der Waals surface area contributed by atoms with Gasteiger partial charge in [0.1, 0.15) is 7.85 Å². The monoisotopic (exact) mass is 291 g/mol. The first-order valence-corrected chi connectivity index (χ1v) is 7.42. The van der Waals surface area contributed by atoms with Crippen LogP contribution in [-0.4, -0.2) is 22.5 Å². The van der Waals surface area contributed by atoms with E-state index in [1.165, 1.54) is 18.3 Å². The number of benzene rings is 2. The van der Waals surface area contributed by atoms with Crippen LogP contribution in [0.25, 0.3) is 0 Å². The Hall–Kier alpha value is -1.59. The quantitative estimate of drug-likeness (QED) is 0.634. The molecule has 0 amide bonds. The summed E-state index contributed by atoms with van der Waals surface area (Å²) >= 11 is 5.77. The van der Waals surface area contributed by atoms with Crippen molar-refractivity contribution in [1.82, 2.24) is 0 Å². The van der Waals surface area contributed by atoms with Gasteiger partial charge in [0.05, 0.1) is 4.90 Å². The van der Waals surface area contributed by atoms with Crippen LogP contribution < -0.4 is 5.46 Å². The summed E-state index contributed by atoms with van der Waals surface area (Å²) in [7, 11) is -1.78. The van der Waals surface area contributed by atoms with Gasteiger partial charge >= 0.3 is 0 Å². The highest BCUT2D eigenvalue weighted by Gasteiger charge is 2.11. The van der Waals surface area contributed by atoms with Crippen molar-refractivity contribution in [3.8, 4) is 0 Å². The van der Waals surface area contributed by atoms with Crippen molar-refractivity contribution < 1.29 is 8.42 Å². The zero-order valence-corrected chi connectivity index (χ0v) is 11.8. The molecule has 0 atom stereocenters. The first kappa shape index (κ1) is 13.8. The van der Waals surface area contributed by atoms with Gasteiger partial charge in [-0.25, -0.2) is 0 Å². The van der Waals surface area contributed by atoms with E-state index in [9.17, 15) is 8.42 Å². The fourth-order valence-corrected chi connectivity index (χ4v) is 2.73. The summed E-state index contributed by atoms with van der Waals surface area (Å²) in [5, 5.41) is 0.367. The van der Waals surface area contributed by atoms with Crippen molar-refractivity contribution in [3.05, 3.63) is 59.1 Å². The molecule has 0 aliphatic rings. The normalized spacial score (nSPS) is 11.8. The van der Waals surface area contributed by atoms with Crippen LogP contribution in [0, 0.1) is 0 Å². The predicted octanol–water partition coefficient (Wildman–Crippen LogP) is 1.41. The molecule has 2 aromatic carbocycles.